The standard InChI is InChI=1S/C51H63N7O8/c1-30-25-44(62)47(35-13-17-45(66-24-22-54)39(28-35)38-26-33(10-16-41(38)59)27-40(57-49(30)63)42(60)9-8-20-52)58(7)50(64)36(18-21-53)29-43(61)46-31(2)55-48(56-32(46)3)34-11-14-37(15-12-34)65-23-19-51(4,5)6/h10-17,26,28,30,36,40,47,59H,8-9,18-19,21-25,27,29,53-54H2,1-7H3,(H,57,63)/t30-,36-,40+,47+/m1/s1. The number of fused-ring (bicyclic) bond motifs is 5. The highest BCUT2D eigenvalue weighted by Gasteiger charge is 2.36. The van der Waals surface area contributed by atoms with E-state index in [-0.39, 0.29) is 86.5 Å². The number of carbonyl (C=O) groups is 5. The number of benzene rings is 3. The Balaban J connectivity index is 1.48. The number of carbonyl (C=O) groups excluding carboxylic acids is 5. The van der Waals surface area contributed by atoms with Crippen molar-refractivity contribution in [3.05, 3.63) is 88.7 Å². The van der Waals surface area contributed by atoms with Gasteiger partial charge in [-0.3, -0.25) is 24.0 Å². The van der Waals surface area contributed by atoms with Crippen molar-refractivity contribution in [3.63, 3.8) is 0 Å². The second-order valence-corrected chi connectivity index (χ2v) is 18.2. The Bertz CT molecular complexity index is 2430. The van der Waals surface area contributed by atoms with Gasteiger partial charge < -0.3 is 36.3 Å². The van der Waals surface area contributed by atoms with E-state index >= 15 is 0 Å². The molecule has 2 amide bonds. The number of phenolic OH excluding ortho intramolecular Hbond substituents is 1. The summed E-state index contributed by atoms with van der Waals surface area (Å²) in [6.07, 6.45) is 0.370. The number of aromatic hydroxyl groups is 1. The molecule has 0 fully saturated rings. The molecule has 3 aromatic carbocycles. The van der Waals surface area contributed by atoms with Crippen molar-refractivity contribution in [2.24, 2.45) is 28.7 Å². The van der Waals surface area contributed by atoms with E-state index in [1.54, 1.807) is 51.1 Å². The Morgan fingerprint density at radius 1 is 0.939 bits per heavy atom. The van der Waals surface area contributed by atoms with Gasteiger partial charge in [0, 0.05) is 67.8 Å². The minimum Gasteiger partial charge on any atom is -0.507 e. The molecular formula is C51H63N7O8. The van der Waals surface area contributed by atoms with E-state index in [4.69, 9.17) is 20.9 Å². The molecule has 5 rings (SSSR count). The summed E-state index contributed by atoms with van der Waals surface area (Å²) < 4.78 is 11.9. The zero-order valence-electron chi connectivity index (χ0n) is 39.1. The van der Waals surface area contributed by atoms with Crippen LogP contribution in [-0.4, -0.2) is 88.5 Å². The summed E-state index contributed by atoms with van der Waals surface area (Å²) >= 11 is 0. The Hall–Kier alpha value is -6.50. The molecule has 4 bridgehead atoms. The van der Waals surface area contributed by atoms with Gasteiger partial charge in [-0.05, 0) is 105 Å². The topological polar surface area (TPSA) is 241 Å². The molecule has 350 valence electrons. The lowest BCUT2D eigenvalue weighted by atomic mass is 9.88. The molecule has 4 atom stereocenters. The predicted octanol–water partition coefficient (Wildman–Crippen LogP) is 6.53. The molecule has 0 saturated heterocycles. The third-order valence-electron chi connectivity index (χ3n) is 11.7. The number of ether oxygens (including phenoxy) is 2. The number of ketones is 3. The van der Waals surface area contributed by atoms with E-state index in [0.29, 0.717) is 51.8 Å². The number of phenols is 1. The Labute approximate surface area is 387 Å². The van der Waals surface area contributed by atoms with Crippen LogP contribution in [0.25, 0.3) is 22.5 Å². The van der Waals surface area contributed by atoms with Crippen LogP contribution < -0.4 is 26.3 Å². The molecule has 0 spiro atoms. The first kappa shape index (κ1) is 50.5. The molecule has 4 aromatic rings. The number of rotatable bonds is 17. The lowest BCUT2D eigenvalue weighted by molar-refractivity contribution is -0.142. The highest BCUT2D eigenvalue weighted by Crippen LogP contribution is 2.40. The van der Waals surface area contributed by atoms with Crippen molar-refractivity contribution in [2.45, 2.75) is 98.6 Å². The minimum atomic E-state index is -1.27. The quantitative estimate of drug-likeness (QED) is 0.0825. The highest BCUT2D eigenvalue weighted by atomic mass is 16.5. The summed E-state index contributed by atoms with van der Waals surface area (Å²) in [4.78, 5) is 81.3. The number of aromatic nitrogens is 2. The highest BCUT2D eigenvalue weighted by molar-refractivity contribution is 6.01. The number of nitriles is 1. The number of nitrogens with two attached hydrogens (primary N) is 2. The third kappa shape index (κ3) is 12.9. The smallest absolute Gasteiger partial charge is 0.226 e. The van der Waals surface area contributed by atoms with Crippen LogP contribution in [0.3, 0.4) is 0 Å². The largest absolute Gasteiger partial charge is 0.507 e. The van der Waals surface area contributed by atoms with Gasteiger partial charge in [0.1, 0.15) is 29.9 Å². The predicted molar refractivity (Wildman–Crippen MR) is 250 cm³/mol. The summed E-state index contributed by atoms with van der Waals surface area (Å²) in [6.45, 7) is 12.5. The SMILES string of the molecule is Cc1nc(-c2ccc(OCCC(C)(C)C)cc2)nc(C)c1C(=O)C[C@@H](CCN)C(=O)N(C)[C@@H]1C(=O)C[C@@H](C)C(=O)N[C@H](C(=O)CCC#N)Cc2ccc(O)c(c2)-c2cc1ccc2OCCN. The molecule has 15 heteroatoms. The van der Waals surface area contributed by atoms with Crippen molar-refractivity contribution in [3.8, 4) is 45.8 Å². The lowest BCUT2D eigenvalue weighted by Crippen LogP contribution is -2.46. The molecule has 0 unspecified atom stereocenters. The zero-order chi connectivity index (χ0) is 48.3. The monoisotopic (exact) mass is 901 g/mol. The van der Waals surface area contributed by atoms with E-state index < -0.39 is 41.5 Å². The van der Waals surface area contributed by atoms with Gasteiger partial charge in [-0.2, -0.15) is 5.26 Å². The maximum atomic E-state index is 14.7. The molecular weight excluding hydrogens is 839 g/mol. The van der Waals surface area contributed by atoms with Crippen LogP contribution in [0.1, 0.15) is 105 Å². The molecule has 0 aliphatic carbocycles. The van der Waals surface area contributed by atoms with Gasteiger partial charge in [-0.15, -0.1) is 0 Å². The van der Waals surface area contributed by atoms with Crippen molar-refractivity contribution >= 4 is 29.2 Å². The van der Waals surface area contributed by atoms with Crippen LogP contribution >= 0.6 is 0 Å². The molecule has 1 aromatic heterocycles. The Kier molecular flexibility index (Phi) is 17.3. The fourth-order valence-corrected chi connectivity index (χ4v) is 8.11. The van der Waals surface area contributed by atoms with Crippen molar-refractivity contribution < 1.29 is 38.6 Å². The number of likely N-dealkylation sites (N-methyl/N-ethyl adjacent to an activating group) is 1. The fraction of sp³-hybridized carbons (Fsp3) is 0.451. The summed E-state index contributed by atoms with van der Waals surface area (Å²) in [6, 6.07) is 16.8. The molecule has 1 aliphatic heterocycles. The van der Waals surface area contributed by atoms with Gasteiger partial charge in [-0.1, -0.05) is 39.8 Å². The van der Waals surface area contributed by atoms with Crippen LogP contribution in [0, 0.1) is 42.4 Å². The second kappa shape index (κ2) is 22.6. The van der Waals surface area contributed by atoms with E-state index in [0.717, 1.165) is 17.7 Å². The van der Waals surface area contributed by atoms with E-state index in [9.17, 15) is 34.3 Å². The van der Waals surface area contributed by atoms with Gasteiger partial charge in [0.05, 0.1) is 35.7 Å². The number of hydrogen-bond acceptors (Lipinski definition) is 13. The number of hydrogen-bond donors (Lipinski definition) is 4. The maximum Gasteiger partial charge on any atom is 0.226 e. The van der Waals surface area contributed by atoms with Crippen molar-refractivity contribution in [1.82, 2.24) is 20.2 Å². The second-order valence-electron chi connectivity index (χ2n) is 18.2. The lowest BCUT2D eigenvalue weighted by Gasteiger charge is -2.32. The number of nitrogens with one attached hydrogen (secondary N) is 1. The van der Waals surface area contributed by atoms with Crippen molar-refractivity contribution in [1.29, 1.82) is 5.26 Å². The minimum absolute atomic E-state index is 0.0451. The van der Waals surface area contributed by atoms with Crippen LogP contribution in [0.5, 0.6) is 17.2 Å². The molecule has 2 heterocycles. The molecule has 0 radical (unpaired) electrons. The van der Waals surface area contributed by atoms with Gasteiger partial charge >= 0.3 is 0 Å². The third-order valence-corrected chi connectivity index (χ3v) is 11.7. The van der Waals surface area contributed by atoms with E-state index in [1.165, 1.54) is 18.0 Å². The number of aryl methyl sites for hydroxylation is 2. The van der Waals surface area contributed by atoms with E-state index in [2.05, 4.69) is 36.1 Å². The van der Waals surface area contributed by atoms with Gasteiger partial charge in [0.25, 0.3) is 0 Å². The molecule has 6 N–H and O–H groups in total. The molecule has 15 nitrogen and oxygen atoms in total. The van der Waals surface area contributed by atoms with Gasteiger partial charge in [-0.25, -0.2) is 9.97 Å². The molecule has 66 heavy (non-hydrogen) atoms. The zero-order valence-corrected chi connectivity index (χ0v) is 39.1. The first-order chi connectivity index (χ1) is 31.3. The van der Waals surface area contributed by atoms with Gasteiger partial charge in [0.2, 0.25) is 11.8 Å². The summed E-state index contributed by atoms with van der Waals surface area (Å²) in [5.74, 6) is -2.80. The number of Topliss-reactive ketones (excluding diaryl/α,β-unsaturated/α-hetero) is 3. The van der Waals surface area contributed by atoms with E-state index in [1.807, 2.05) is 30.3 Å². The van der Waals surface area contributed by atoms with Crippen LogP contribution in [0.15, 0.2) is 60.7 Å². The first-order valence-corrected chi connectivity index (χ1v) is 22.5. The molecule has 1 aliphatic rings. The molecule has 0 saturated carbocycles. The Morgan fingerprint density at radius 3 is 2.27 bits per heavy atom. The summed E-state index contributed by atoms with van der Waals surface area (Å²) in [5.41, 5.74) is 15.6. The van der Waals surface area contributed by atoms with Crippen LogP contribution in [-0.2, 0) is 25.6 Å². The maximum absolute atomic E-state index is 14.7. The van der Waals surface area contributed by atoms with Crippen LogP contribution in [0.4, 0.5) is 0 Å². The Morgan fingerprint density at radius 2 is 1.64 bits per heavy atom. The first-order valence-electron chi connectivity index (χ1n) is 22.5. The summed E-state index contributed by atoms with van der Waals surface area (Å²) in [7, 11) is 1.47. The van der Waals surface area contributed by atoms with Crippen LogP contribution in [0.2, 0.25) is 0 Å². The van der Waals surface area contributed by atoms with Gasteiger partial charge in [0.15, 0.2) is 23.2 Å². The fourth-order valence-electron chi connectivity index (χ4n) is 8.11. The van der Waals surface area contributed by atoms with Crippen molar-refractivity contribution in [2.75, 3.05) is 33.4 Å². The average Bonchev–Trinajstić information content (AvgIpc) is 3.26. The summed E-state index contributed by atoms with van der Waals surface area (Å²) in [5, 5.41) is 23.2. The average molecular weight is 902 g/mol. The number of amides is 2. The number of nitrogens with zero attached hydrogens (tertiary/aromatic N) is 4. The normalized spacial score (nSPS) is 16.9.